The van der Waals surface area contributed by atoms with Crippen LogP contribution in [0.2, 0.25) is 0 Å². The molecule has 182 valence electrons. The van der Waals surface area contributed by atoms with Crippen LogP contribution in [-0.2, 0) is 4.79 Å². The molecule has 0 saturated carbocycles. The number of nitrogens with zero attached hydrogens (tertiary/aromatic N) is 4. The number of carbonyl (C=O) groups is 2. The van der Waals surface area contributed by atoms with Crippen LogP contribution in [-0.4, -0.2) is 50.8 Å². The first-order chi connectivity index (χ1) is 16.1. The predicted molar refractivity (Wildman–Crippen MR) is 132 cm³/mol. The van der Waals surface area contributed by atoms with E-state index in [1.807, 2.05) is 53.0 Å². The minimum atomic E-state index is -0.445. The molecule has 1 aliphatic heterocycles. The van der Waals surface area contributed by atoms with Crippen LogP contribution in [0.15, 0.2) is 29.9 Å². The Hall–Kier alpha value is -3.14. The molecule has 1 atom stereocenters. The number of thiophene rings is 1. The summed E-state index contributed by atoms with van der Waals surface area (Å²) in [5, 5.41) is 7.95. The Morgan fingerprint density at radius 3 is 2.56 bits per heavy atom. The summed E-state index contributed by atoms with van der Waals surface area (Å²) < 4.78 is 14.2. The highest BCUT2D eigenvalue weighted by Crippen LogP contribution is 2.26. The van der Waals surface area contributed by atoms with Crippen molar-refractivity contribution in [2.45, 2.75) is 53.6 Å². The van der Waals surface area contributed by atoms with Crippen LogP contribution in [0.5, 0.6) is 0 Å². The van der Waals surface area contributed by atoms with Gasteiger partial charge in [0.1, 0.15) is 5.82 Å². The highest BCUT2D eigenvalue weighted by Gasteiger charge is 2.37. The summed E-state index contributed by atoms with van der Waals surface area (Å²) in [5.74, 6) is -0.394. The van der Waals surface area contributed by atoms with E-state index < -0.39 is 11.2 Å². The van der Waals surface area contributed by atoms with Gasteiger partial charge in [-0.05, 0) is 30.0 Å². The van der Waals surface area contributed by atoms with Gasteiger partial charge in [0.15, 0.2) is 5.69 Å². The molecule has 1 unspecified atom stereocenters. The number of carbonyl (C=O) groups excluding carboxylic acids is 2. The van der Waals surface area contributed by atoms with Gasteiger partial charge in [-0.3, -0.25) is 14.6 Å². The van der Waals surface area contributed by atoms with E-state index in [4.69, 9.17) is 0 Å². The van der Waals surface area contributed by atoms with Gasteiger partial charge < -0.3 is 15.5 Å². The average molecular weight is 487 g/mol. The lowest BCUT2D eigenvalue weighted by atomic mass is 9.92. The molecule has 4 rings (SSSR count). The Morgan fingerprint density at radius 1 is 1.21 bits per heavy atom. The largest absolute Gasteiger partial charge is 0.348 e. The van der Waals surface area contributed by atoms with Gasteiger partial charge in [-0.25, -0.2) is 14.4 Å². The van der Waals surface area contributed by atoms with Crippen molar-refractivity contribution < 1.29 is 14.0 Å². The summed E-state index contributed by atoms with van der Waals surface area (Å²) in [6.07, 6.45) is 2.71. The summed E-state index contributed by atoms with van der Waals surface area (Å²) in [7, 11) is 0. The van der Waals surface area contributed by atoms with Gasteiger partial charge in [-0.2, -0.15) is 0 Å². The minimum absolute atomic E-state index is 0.0676. The molecule has 34 heavy (non-hydrogen) atoms. The minimum Gasteiger partial charge on any atom is -0.348 e. The quantitative estimate of drug-likeness (QED) is 0.554. The van der Waals surface area contributed by atoms with Gasteiger partial charge in [-0.1, -0.05) is 34.6 Å². The second-order valence-corrected chi connectivity index (χ2v) is 9.88. The standard InChI is InChI=1S/C22H25FN6O2S.C2H6/c1-12(13-7-14(23)9-24-8-13)25-21-27-16-5-6-32-18(16)17(28-21)19(30)26-15-10-29(11-15)20(31)22(2,3)4;1-2/h5-9,12,15H,10-11H2,1-4H3,(H,26,30)(H,25,27,28);1-2H3. The zero-order valence-electron chi connectivity index (χ0n) is 20.3. The molecule has 4 heterocycles. The number of aromatic nitrogens is 3. The molecule has 3 aromatic heterocycles. The lowest BCUT2D eigenvalue weighted by Gasteiger charge is -2.42. The molecule has 2 amide bonds. The lowest BCUT2D eigenvalue weighted by molar-refractivity contribution is -0.144. The fourth-order valence-electron chi connectivity index (χ4n) is 3.49. The van der Waals surface area contributed by atoms with Crippen molar-refractivity contribution >= 4 is 39.3 Å². The summed E-state index contributed by atoms with van der Waals surface area (Å²) >= 11 is 1.39. The van der Waals surface area contributed by atoms with Gasteiger partial charge in [0.25, 0.3) is 5.91 Å². The molecule has 3 aromatic rings. The van der Waals surface area contributed by atoms with Crippen molar-refractivity contribution in [3.05, 3.63) is 47.0 Å². The van der Waals surface area contributed by atoms with Crippen LogP contribution in [0, 0.1) is 11.2 Å². The summed E-state index contributed by atoms with van der Waals surface area (Å²) in [4.78, 5) is 39.9. The molecule has 1 aliphatic rings. The zero-order valence-corrected chi connectivity index (χ0v) is 21.2. The third kappa shape index (κ3) is 5.67. The van der Waals surface area contributed by atoms with Gasteiger partial charge in [-0.15, -0.1) is 11.3 Å². The van der Waals surface area contributed by atoms with Crippen molar-refractivity contribution in [2.75, 3.05) is 18.4 Å². The van der Waals surface area contributed by atoms with E-state index in [2.05, 4.69) is 25.6 Å². The van der Waals surface area contributed by atoms with Crippen molar-refractivity contribution in [2.24, 2.45) is 5.41 Å². The van der Waals surface area contributed by atoms with E-state index in [1.54, 1.807) is 11.1 Å². The van der Waals surface area contributed by atoms with Crippen LogP contribution in [0.3, 0.4) is 0 Å². The first-order valence-corrected chi connectivity index (χ1v) is 12.2. The van der Waals surface area contributed by atoms with Gasteiger partial charge >= 0.3 is 0 Å². The van der Waals surface area contributed by atoms with Crippen LogP contribution in [0.25, 0.3) is 10.2 Å². The summed E-state index contributed by atoms with van der Waals surface area (Å²) in [6.45, 7) is 12.4. The van der Waals surface area contributed by atoms with E-state index in [9.17, 15) is 14.0 Å². The molecule has 0 spiro atoms. The van der Waals surface area contributed by atoms with E-state index in [1.165, 1.54) is 17.4 Å². The van der Waals surface area contributed by atoms with E-state index in [0.29, 0.717) is 28.9 Å². The lowest BCUT2D eigenvalue weighted by Crippen LogP contribution is -2.62. The Bertz CT molecular complexity index is 1170. The van der Waals surface area contributed by atoms with Crippen molar-refractivity contribution in [3.63, 3.8) is 0 Å². The first-order valence-electron chi connectivity index (χ1n) is 11.3. The number of hydrogen-bond donors (Lipinski definition) is 2. The van der Waals surface area contributed by atoms with Crippen LogP contribution < -0.4 is 10.6 Å². The maximum atomic E-state index is 13.5. The number of amides is 2. The SMILES string of the molecule is CC.CC(Nc1nc(C(=O)NC2CN(C(=O)C(C)(C)C)C2)c2sccc2n1)c1cncc(F)c1. The Balaban J connectivity index is 0.00000158. The van der Waals surface area contributed by atoms with Crippen molar-refractivity contribution in [1.29, 1.82) is 0 Å². The molecule has 1 fully saturated rings. The van der Waals surface area contributed by atoms with E-state index >= 15 is 0 Å². The Kier molecular flexibility index (Phi) is 7.81. The Morgan fingerprint density at radius 2 is 1.91 bits per heavy atom. The molecule has 0 radical (unpaired) electrons. The van der Waals surface area contributed by atoms with Crippen LogP contribution in [0.4, 0.5) is 10.3 Å². The third-order valence-electron chi connectivity index (χ3n) is 5.24. The summed E-state index contributed by atoms with van der Waals surface area (Å²) in [6, 6.07) is 2.79. The fourth-order valence-corrected chi connectivity index (χ4v) is 4.31. The van der Waals surface area contributed by atoms with E-state index in [-0.39, 0.29) is 35.5 Å². The van der Waals surface area contributed by atoms with Gasteiger partial charge in [0, 0.05) is 24.7 Å². The van der Waals surface area contributed by atoms with Gasteiger partial charge in [0.05, 0.1) is 28.5 Å². The van der Waals surface area contributed by atoms with Crippen molar-refractivity contribution in [3.8, 4) is 0 Å². The topological polar surface area (TPSA) is 100 Å². The molecule has 8 nitrogen and oxygen atoms in total. The maximum absolute atomic E-state index is 13.5. The number of anilines is 1. The number of pyridine rings is 1. The normalized spacial score (nSPS) is 14.6. The van der Waals surface area contributed by atoms with Crippen molar-refractivity contribution in [1.82, 2.24) is 25.2 Å². The molecule has 2 N–H and O–H groups in total. The van der Waals surface area contributed by atoms with Crippen LogP contribution >= 0.6 is 11.3 Å². The summed E-state index contributed by atoms with van der Waals surface area (Å²) in [5.41, 5.74) is 1.13. The number of nitrogens with one attached hydrogen (secondary N) is 2. The average Bonchev–Trinajstić information content (AvgIpc) is 3.24. The highest BCUT2D eigenvalue weighted by molar-refractivity contribution is 7.17. The molecule has 0 aromatic carbocycles. The first kappa shape index (κ1) is 25.5. The highest BCUT2D eigenvalue weighted by atomic mass is 32.1. The molecule has 10 heteroatoms. The second-order valence-electron chi connectivity index (χ2n) is 8.96. The number of likely N-dealkylation sites (tertiary alicyclic amines) is 1. The molecule has 1 saturated heterocycles. The number of hydrogen-bond acceptors (Lipinski definition) is 7. The molecular weight excluding hydrogens is 455 g/mol. The molecule has 0 aliphatic carbocycles. The van der Waals surface area contributed by atoms with E-state index in [0.717, 1.165) is 6.20 Å². The molecular formula is C24H31FN6O2S. The number of fused-ring (bicyclic) bond motifs is 1. The van der Waals surface area contributed by atoms with Crippen LogP contribution in [0.1, 0.15) is 63.6 Å². The second kappa shape index (κ2) is 10.4. The zero-order chi connectivity index (χ0) is 25.0. The Labute approximate surface area is 203 Å². The predicted octanol–water partition coefficient (Wildman–Crippen LogP) is 4.41. The monoisotopic (exact) mass is 486 g/mol. The number of rotatable bonds is 5. The smallest absolute Gasteiger partial charge is 0.271 e. The maximum Gasteiger partial charge on any atom is 0.271 e. The third-order valence-corrected chi connectivity index (χ3v) is 6.15. The number of halogens is 1. The fraction of sp³-hybridized carbons (Fsp3) is 0.458. The molecule has 0 bridgehead atoms. The van der Waals surface area contributed by atoms with Gasteiger partial charge in [0.2, 0.25) is 11.9 Å².